The summed E-state index contributed by atoms with van der Waals surface area (Å²) in [5.74, 6) is 1.16. The van der Waals surface area contributed by atoms with E-state index in [1.54, 1.807) is 0 Å². The van der Waals surface area contributed by atoms with Crippen LogP contribution in [0.3, 0.4) is 0 Å². The lowest BCUT2D eigenvalue weighted by atomic mass is 9.67. The predicted octanol–water partition coefficient (Wildman–Crippen LogP) is 2.88. The van der Waals surface area contributed by atoms with Crippen LogP contribution in [0.5, 0.6) is 0 Å². The molecule has 2 bridgehead atoms. The monoisotopic (exact) mass is 236 g/mol. The molecule has 1 aliphatic heterocycles. The summed E-state index contributed by atoms with van der Waals surface area (Å²) in [6.07, 6.45) is 10.5. The molecular formula is C14H24N2O. The zero-order valence-electron chi connectivity index (χ0n) is 10.6. The Balaban J connectivity index is 1.76. The zero-order chi connectivity index (χ0) is 11.7. The van der Waals surface area contributed by atoms with Crippen molar-refractivity contribution in [1.82, 2.24) is 4.90 Å². The highest BCUT2D eigenvalue weighted by atomic mass is 16.4. The Labute approximate surface area is 104 Å². The molecule has 0 radical (unpaired) electrons. The molecule has 2 aliphatic carbocycles. The summed E-state index contributed by atoms with van der Waals surface area (Å²) < 4.78 is 0. The van der Waals surface area contributed by atoms with Gasteiger partial charge in [-0.05, 0) is 51.6 Å². The summed E-state index contributed by atoms with van der Waals surface area (Å²) >= 11 is 0. The highest BCUT2D eigenvalue weighted by Crippen LogP contribution is 2.40. The minimum Gasteiger partial charge on any atom is -0.411 e. The van der Waals surface area contributed by atoms with Gasteiger partial charge in [-0.25, -0.2) is 0 Å². The van der Waals surface area contributed by atoms with Crippen molar-refractivity contribution in [2.45, 2.75) is 57.4 Å². The molecule has 17 heavy (non-hydrogen) atoms. The van der Waals surface area contributed by atoms with Gasteiger partial charge in [0.2, 0.25) is 0 Å². The van der Waals surface area contributed by atoms with Gasteiger partial charge in [-0.3, -0.25) is 4.90 Å². The molecule has 96 valence electrons. The van der Waals surface area contributed by atoms with Crippen molar-refractivity contribution in [1.29, 1.82) is 0 Å². The number of hydrogen-bond acceptors (Lipinski definition) is 3. The lowest BCUT2D eigenvalue weighted by molar-refractivity contribution is 0.0972. The van der Waals surface area contributed by atoms with Crippen molar-refractivity contribution >= 4 is 5.71 Å². The molecule has 0 unspecified atom stereocenters. The molecular weight excluding hydrogens is 212 g/mol. The average Bonchev–Trinajstić information content (AvgIpc) is 2.39. The maximum Gasteiger partial charge on any atom is 0.0648 e. The third kappa shape index (κ3) is 2.10. The standard InChI is InChI=1S/C14H24N2O/c17-15-14-11-5-4-6-12(14)13(8-7-11)16-9-2-1-3-10-16/h11-13,17H,1-10H2/b15-14+/t11-,12-,13+/m0/s1. The van der Waals surface area contributed by atoms with Crippen molar-refractivity contribution in [3.05, 3.63) is 0 Å². The largest absolute Gasteiger partial charge is 0.411 e. The fourth-order valence-electron chi connectivity index (χ4n) is 4.28. The topological polar surface area (TPSA) is 35.8 Å². The molecule has 3 heteroatoms. The third-order valence-electron chi connectivity index (χ3n) is 5.12. The fourth-order valence-corrected chi connectivity index (χ4v) is 4.28. The van der Waals surface area contributed by atoms with Crippen molar-refractivity contribution in [3.63, 3.8) is 0 Å². The first kappa shape index (κ1) is 11.5. The minimum atomic E-state index is 0.561. The van der Waals surface area contributed by atoms with Crippen LogP contribution in [0.1, 0.15) is 51.4 Å². The lowest BCUT2D eigenvalue weighted by Gasteiger charge is -2.46. The summed E-state index contributed by atoms with van der Waals surface area (Å²) in [7, 11) is 0. The first-order chi connectivity index (χ1) is 8.40. The Morgan fingerprint density at radius 2 is 1.76 bits per heavy atom. The molecule has 3 aliphatic rings. The van der Waals surface area contributed by atoms with Gasteiger partial charge in [0.05, 0.1) is 5.71 Å². The van der Waals surface area contributed by atoms with Crippen molar-refractivity contribution < 1.29 is 5.21 Å². The highest BCUT2D eigenvalue weighted by Gasteiger charge is 2.41. The first-order valence-electron chi connectivity index (χ1n) is 7.36. The van der Waals surface area contributed by atoms with Crippen LogP contribution in [0.2, 0.25) is 0 Å². The quantitative estimate of drug-likeness (QED) is 0.561. The highest BCUT2D eigenvalue weighted by molar-refractivity contribution is 5.90. The second kappa shape index (κ2) is 4.97. The van der Waals surface area contributed by atoms with E-state index in [-0.39, 0.29) is 0 Å². The number of fused-ring (bicyclic) bond motifs is 2. The van der Waals surface area contributed by atoms with E-state index in [9.17, 15) is 5.21 Å². The molecule has 1 saturated heterocycles. The van der Waals surface area contributed by atoms with Gasteiger partial charge < -0.3 is 5.21 Å². The summed E-state index contributed by atoms with van der Waals surface area (Å²) in [6.45, 7) is 2.54. The third-order valence-corrected chi connectivity index (χ3v) is 5.12. The Morgan fingerprint density at radius 1 is 0.941 bits per heavy atom. The molecule has 0 aromatic carbocycles. The van der Waals surface area contributed by atoms with E-state index in [0.717, 1.165) is 5.71 Å². The molecule has 1 N–H and O–H groups in total. The number of hydrogen-bond donors (Lipinski definition) is 1. The van der Waals surface area contributed by atoms with Crippen LogP contribution in [-0.4, -0.2) is 35.0 Å². The molecule has 2 saturated carbocycles. The summed E-state index contributed by atoms with van der Waals surface area (Å²) in [5.41, 5.74) is 1.14. The van der Waals surface area contributed by atoms with Crippen LogP contribution >= 0.6 is 0 Å². The van der Waals surface area contributed by atoms with Crippen LogP contribution in [0.25, 0.3) is 0 Å². The Morgan fingerprint density at radius 3 is 2.53 bits per heavy atom. The summed E-state index contributed by atoms with van der Waals surface area (Å²) in [5, 5.41) is 12.9. The van der Waals surface area contributed by atoms with Crippen LogP contribution in [0, 0.1) is 11.8 Å². The molecule has 0 amide bonds. The Kier molecular flexibility index (Phi) is 3.37. The zero-order valence-corrected chi connectivity index (χ0v) is 10.6. The number of oxime groups is 1. The molecule has 0 aromatic heterocycles. The predicted molar refractivity (Wildman–Crippen MR) is 68.5 cm³/mol. The van der Waals surface area contributed by atoms with Gasteiger partial charge in [0.15, 0.2) is 0 Å². The van der Waals surface area contributed by atoms with Crippen molar-refractivity contribution in [2.75, 3.05) is 13.1 Å². The smallest absolute Gasteiger partial charge is 0.0648 e. The molecule has 3 rings (SSSR count). The van der Waals surface area contributed by atoms with E-state index >= 15 is 0 Å². The van der Waals surface area contributed by atoms with E-state index in [1.807, 2.05) is 0 Å². The van der Waals surface area contributed by atoms with Gasteiger partial charge in [0.25, 0.3) is 0 Å². The second-order valence-corrected chi connectivity index (χ2v) is 6.00. The molecule has 3 fully saturated rings. The maximum atomic E-state index is 9.28. The van der Waals surface area contributed by atoms with E-state index in [2.05, 4.69) is 10.1 Å². The van der Waals surface area contributed by atoms with Crippen molar-refractivity contribution in [2.24, 2.45) is 17.0 Å². The van der Waals surface area contributed by atoms with E-state index < -0.39 is 0 Å². The summed E-state index contributed by atoms with van der Waals surface area (Å²) in [6, 6.07) is 0.678. The maximum absolute atomic E-state index is 9.28. The van der Waals surface area contributed by atoms with E-state index in [0.29, 0.717) is 17.9 Å². The van der Waals surface area contributed by atoms with Gasteiger partial charge in [-0.1, -0.05) is 18.0 Å². The van der Waals surface area contributed by atoms with Gasteiger partial charge in [-0.2, -0.15) is 0 Å². The van der Waals surface area contributed by atoms with Crippen molar-refractivity contribution in [3.8, 4) is 0 Å². The van der Waals surface area contributed by atoms with Crippen LogP contribution in [-0.2, 0) is 0 Å². The molecule has 0 spiro atoms. The average molecular weight is 236 g/mol. The normalized spacial score (nSPS) is 41.6. The molecule has 0 aromatic rings. The Bertz CT molecular complexity index is 297. The molecule has 1 heterocycles. The minimum absolute atomic E-state index is 0.561. The number of likely N-dealkylation sites (tertiary alicyclic amines) is 1. The van der Waals surface area contributed by atoms with Gasteiger partial charge in [0.1, 0.15) is 0 Å². The summed E-state index contributed by atoms with van der Waals surface area (Å²) in [4.78, 5) is 2.68. The van der Waals surface area contributed by atoms with E-state index in [4.69, 9.17) is 0 Å². The number of nitrogens with zero attached hydrogens (tertiary/aromatic N) is 2. The van der Waals surface area contributed by atoms with Gasteiger partial charge in [0, 0.05) is 17.9 Å². The second-order valence-electron chi connectivity index (χ2n) is 6.00. The van der Waals surface area contributed by atoms with Crippen LogP contribution in [0.15, 0.2) is 5.16 Å². The number of rotatable bonds is 1. The molecule has 3 nitrogen and oxygen atoms in total. The molecule has 3 atom stereocenters. The SMILES string of the molecule is O/N=C1\[C@H]2CCC[C@H]1[C@H](N1CCCCC1)CC2. The van der Waals surface area contributed by atoms with Gasteiger partial charge >= 0.3 is 0 Å². The first-order valence-corrected chi connectivity index (χ1v) is 7.36. The lowest BCUT2D eigenvalue weighted by Crippen LogP contribution is -2.51. The van der Waals surface area contributed by atoms with Crippen LogP contribution in [0.4, 0.5) is 0 Å². The number of piperidine rings is 1. The van der Waals surface area contributed by atoms with E-state index in [1.165, 1.54) is 64.5 Å². The van der Waals surface area contributed by atoms with Crippen LogP contribution < -0.4 is 0 Å². The van der Waals surface area contributed by atoms with Gasteiger partial charge in [-0.15, -0.1) is 0 Å². The Hall–Kier alpha value is -0.570. The fraction of sp³-hybridized carbons (Fsp3) is 0.929.